The van der Waals surface area contributed by atoms with Crippen LogP contribution in [0.1, 0.15) is 19.8 Å². The topological polar surface area (TPSA) is 41.1 Å². The second-order valence-corrected chi connectivity index (χ2v) is 3.99. The van der Waals surface area contributed by atoms with Gasteiger partial charge in [-0.05, 0) is 25.3 Å². The van der Waals surface area contributed by atoms with Crippen LogP contribution in [0.3, 0.4) is 0 Å². The minimum atomic E-state index is -4.78. The molecular formula is C9H15F3N2O. The standard InChI is InChI=1S/C9H15F3N2O/c1-6-2-3-13-7(4-6)5-14-8(15)9(10,11)12/h6-7,13H,2-5H2,1H3,(H,14,15). The molecule has 2 N–H and O–H groups in total. The quantitative estimate of drug-likeness (QED) is 0.736. The summed E-state index contributed by atoms with van der Waals surface area (Å²) in [6, 6.07) is -0.0416. The number of nitrogens with one attached hydrogen (secondary N) is 2. The van der Waals surface area contributed by atoms with Gasteiger partial charge in [-0.25, -0.2) is 0 Å². The van der Waals surface area contributed by atoms with Crippen molar-refractivity contribution in [3.8, 4) is 0 Å². The minimum absolute atomic E-state index is 0.0416. The largest absolute Gasteiger partial charge is 0.471 e. The monoisotopic (exact) mass is 224 g/mol. The number of rotatable bonds is 2. The van der Waals surface area contributed by atoms with Crippen LogP contribution in [0.5, 0.6) is 0 Å². The van der Waals surface area contributed by atoms with Gasteiger partial charge in [-0.1, -0.05) is 6.92 Å². The zero-order valence-corrected chi connectivity index (χ0v) is 8.53. The molecule has 2 atom stereocenters. The highest BCUT2D eigenvalue weighted by atomic mass is 19.4. The second-order valence-electron chi connectivity index (χ2n) is 3.99. The molecule has 88 valence electrons. The predicted molar refractivity (Wildman–Crippen MR) is 49.3 cm³/mol. The summed E-state index contributed by atoms with van der Waals surface area (Å²) in [5.74, 6) is -1.36. The summed E-state index contributed by atoms with van der Waals surface area (Å²) in [4.78, 5) is 10.5. The maximum Gasteiger partial charge on any atom is 0.471 e. The number of carbonyl (C=O) groups is 1. The predicted octanol–water partition coefficient (Wildman–Crippen LogP) is 1.05. The van der Waals surface area contributed by atoms with Crippen molar-refractivity contribution in [1.29, 1.82) is 0 Å². The molecule has 0 radical (unpaired) electrons. The van der Waals surface area contributed by atoms with Crippen LogP contribution in [0.25, 0.3) is 0 Å². The van der Waals surface area contributed by atoms with Crippen LogP contribution in [0.15, 0.2) is 0 Å². The second kappa shape index (κ2) is 4.83. The van der Waals surface area contributed by atoms with Gasteiger partial charge in [0.2, 0.25) is 0 Å². The lowest BCUT2D eigenvalue weighted by atomic mass is 9.94. The summed E-state index contributed by atoms with van der Waals surface area (Å²) in [6.07, 6.45) is -2.94. The first-order chi connectivity index (χ1) is 6.89. The fourth-order valence-electron chi connectivity index (χ4n) is 1.69. The van der Waals surface area contributed by atoms with Gasteiger partial charge in [0.15, 0.2) is 0 Å². The highest BCUT2D eigenvalue weighted by Gasteiger charge is 2.38. The molecule has 2 unspecified atom stereocenters. The number of hydrogen-bond donors (Lipinski definition) is 2. The van der Waals surface area contributed by atoms with Crippen molar-refractivity contribution >= 4 is 5.91 Å². The van der Waals surface area contributed by atoms with Crippen LogP contribution < -0.4 is 10.6 Å². The molecule has 1 aliphatic rings. The molecule has 0 spiro atoms. The SMILES string of the molecule is CC1CCNC(CNC(=O)C(F)(F)F)C1. The molecule has 0 aliphatic carbocycles. The molecule has 3 nitrogen and oxygen atoms in total. The number of hydrogen-bond acceptors (Lipinski definition) is 2. The van der Waals surface area contributed by atoms with Gasteiger partial charge < -0.3 is 10.6 Å². The van der Waals surface area contributed by atoms with Crippen molar-refractivity contribution in [2.45, 2.75) is 32.0 Å². The molecule has 0 aromatic carbocycles. The molecule has 1 aliphatic heterocycles. The van der Waals surface area contributed by atoms with Crippen molar-refractivity contribution < 1.29 is 18.0 Å². The van der Waals surface area contributed by atoms with E-state index < -0.39 is 12.1 Å². The maximum atomic E-state index is 11.8. The van der Waals surface area contributed by atoms with Gasteiger partial charge in [-0.15, -0.1) is 0 Å². The van der Waals surface area contributed by atoms with Gasteiger partial charge in [0.1, 0.15) is 0 Å². The third-order valence-corrected chi connectivity index (χ3v) is 2.52. The van der Waals surface area contributed by atoms with Crippen molar-refractivity contribution in [3.05, 3.63) is 0 Å². The minimum Gasteiger partial charge on any atom is -0.347 e. The van der Waals surface area contributed by atoms with E-state index in [1.807, 2.05) is 5.32 Å². The number of amides is 1. The van der Waals surface area contributed by atoms with E-state index in [0.717, 1.165) is 19.4 Å². The highest BCUT2D eigenvalue weighted by Crippen LogP contribution is 2.16. The van der Waals surface area contributed by atoms with E-state index in [0.29, 0.717) is 5.92 Å². The normalized spacial score (nSPS) is 27.5. The number of alkyl halides is 3. The first-order valence-corrected chi connectivity index (χ1v) is 4.98. The zero-order valence-electron chi connectivity index (χ0n) is 8.53. The molecule has 0 aromatic rings. The van der Waals surface area contributed by atoms with Gasteiger partial charge in [0.05, 0.1) is 0 Å². The molecule has 0 saturated carbocycles. The van der Waals surface area contributed by atoms with Crippen LogP contribution in [0, 0.1) is 5.92 Å². The molecule has 1 saturated heterocycles. The Hall–Kier alpha value is -0.780. The Labute approximate surface area is 86.4 Å². The van der Waals surface area contributed by atoms with Crippen molar-refractivity contribution in [2.75, 3.05) is 13.1 Å². The third kappa shape index (κ3) is 4.07. The summed E-state index contributed by atoms with van der Waals surface area (Å²) in [7, 11) is 0. The molecule has 1 heterocycles. The van der Waals surface area contributed by atoms with Crippen LogP contribution in [0.4, 0.5) is 13.2 Å². The zero-order chi connectivity index (χ0) is 11.5. The summed E-state index contributed by atoms with van der Waals surface area (Å²) in [5.41, 5.74) is 0. The van der Waals surface area contributed by atoms with Gasteiger partial charge in [0, 0.05) is 12.6 Å². The Morgan fingerprint density at radius 3 is 2.73 bits per heavy atom. The summed E-state index contributed by atoms with van der Waals surface area (Å²) in [6.45, 7) is 2.90. The van der Waals surface area contributed by atoms with Crippen molar-refractivity contribution in [2.24, 2.45) is 5.92 Å². The van der Waals surface area contributed by atoms with E-state index in [4.69, 9.17) is 0 Å². The Morgan fingerprint density at radius 1 is 1.53 bits per heavy atom. The third-order valence-electron chi connectivity index (χ3n) is 2.52. The maximum absolute atomic E-state index is 11.8. The Morgan fingerprint density at radius 2 is 2.20 bits per heavy atom. The van der Waals surface area contributed by atoms with E-state index >= 15 is 0 Å². The van der Waals surface area contributed by atoms with E-state index in [-0.39, 0.29) is 12.6 Å². The van der Waals surface area contributed by atoms with Gasteiger partial charge in [-0.3, -0.25) is 4.79 Å². The molecular weight excluding hydrogens is 209 g/mol. The lowest BCUT2D eigenvalue weighted by Gasteiger charge is -2.28. The molecule has 15 heavy (non-hydrogen) atoms. The van der Waals surface area contributed by atoms with Crippen LogP contribution in [-0.2, 0) is 4.79 Å². The van der Waals surface area contributed by atoms with Crippen molar-refractivity contribution in [3.63, 3.8) is 0 Å². The Bertz CT molecular complexity index is 230. The molecule has 0 bridgehead atoms. The number of carbonyl (C=O) groups excluding carboxylic acids is 1. The van der Waals surface area contributed by atoms with Crippen LogP contribution in [-0.4, -0.2) is 31.2 Å². The number of piperidine rings is 1. The molecule has 1 fully saturated rings. The molecule has 1 rings (SSSR count). The van der Waals surface area contributed by atoms with Crippen LogP contribution >= 0.6 is 0 Å². The van der Waals surface area contributed by atoms with Gasteiger partial charge >= 0.3 is 12.1 Å². The fraction of sp³-hybridized carbons (Fsp3) is 0.889. The van der Waals surface area contributed by atoms with Crippen molar-refractivity contribution in [1.82, 2.24) is 10.6 Å². The average molecular weight is 224 g/mol. The summed E-state index contributed by atoms with van der Waals surface area (Å²) in [5, 5.41) is 4.96. The first-order valence-electron chi connectivity index (χ1n) is 4.98. The van der Waals surface area contributed by atoms with E-state index in [9.17, 15) is 18.0 Å². The Kier molecular flexibility index (Phi) is 3.96. The summed E-state index contributed by atoms with van der Waals surface area (Å²) >= 11 is 0. The van der Waals surface area contributed by atoms with Crippen LogP contribution in [0.2, 0.25) is 0 Å². The highest BCUT2D eigenvalue weighted by molar-refractivity contribution is 5.81. The van der Waals surface area contributed by atoms with Gasteiger partial charge in [0.25, 0.3) is 0 Å². The molecule has 0 aromatic heterocycles. The fourth-order valence-corrected chi connectivity index (χ4v) is 1.69. The number of halogens is 3. The van der Waals surface area contributed by atoms with Gasteiger partial charge in [-0.2, -0.15) is 13.2 Å². The van der Waals surface area contributed by atoms with E-state index in [1.165, 1.54) is 0 Å². The lowest BCUT2D eigenvalue weighted by molar-refractivity contribution is -0.173. The Balaban J connectivity index is 2.28. The average Bonchev–Trinajstić information content (AvgIpc) is 2.12. The smallest absolute Gasteiger partial charge is 0.347 e. The first kappa shape index (κ1) is 12.3. The van der Waals surface area contributed by atoms with E-state index in [2.05, 4.69) is 12.2 Å². The summed E-state index contributed by atoms with van der Waals surface area (Å²) < 4.78 is 35.5. The molecule has 1 amide bonds. The molecule has 6 heteroatoms. The lowest BCUT2D eigenvalue weighted by Crippen LogP contribution is -2.48. The van der Waals surface area contributed by atoms with E-state index in [1.54, 1.807) is 0 Å².